The lowest BCUT2D eigenvalue weighted by atomic mass is 10.0. The van der Waals surface area contributed by atoms with E-state index in [0.29, 0.717) is 10.5 Å². The number of rotatable bonds is 5. The van der Waals surface area contributed by atoms with Crippen LogP contribution in [0.4, 0.5) is 4.39 Å². The van der Waals surface area contributed by atoms with Crippen molar-refractivity contribution in [1.29, 1.82) is 0 Å². The van der Waals surface area contributed by atoms with Crippen LogP contribution in [-0.4, -0.2) is 6.54 Å². The summed E-state index contributed by atoms with van der Waals surface area (Å²) in [5.41, 5.74) is 1.15. The van der Waals surface area contributed by atoms with E-state index in [2.05, 4.69) is 35.1 Å². The van der Waals surface area contributed by atoms with Gasteiger partial charge in [0.15, 0.2) is 0 Å². The van der Waals surface area contributed by atoms with Gasteiger partial charge in [-0.3, -0.25) is 0 Å². The maximum Gasteiger partial charge on any atom is 0.137 e. The summed E-state index contributed by atoms with van der Waals surface area (Å²) in [6.07, 6.45) is 2.19. The number of hydrogen-bond donors (Lipinski definition) is 1. The van der Waals surface area contributed by atoms with Crippen molar-refractivity contribution in [1.82, 2.24) is 5.32 Å². The lowest BCUT2D eigenvalue weighted by molar-refractivity contribution is 0.507. The van der Waals surface area contributed by atoms with Crippen LogP contribution in [0.1, 0.15) is 38.3 Å². The SMILES string of the molecule is CCCC(NCC)c1ccc(F)c(Br)c1. The van der Waals surface area contributed by atoms with E-state index >= 15 is 0 Å². The Balaban J connectivity index is 2.85. The van der Waals surface area contributed by atoms with Crippen molar-refractivity contribution in [3.8, 4) is 0 Å². The van der Waals surface area contributed by atoms with Gasteiger partial charge >= 0.3 is 0 Å². The predicted octanol–water partition coefficient (Wildman–Crippen LogP) is 4.04. The molecule has 0 aromatic heterocycles. The summed E-state index contributed by atoms with van der Waals surface area (Å²) in [7, 11) is 0. The predicted molar refractivity (Wildman–Crippen MR) is 65.4 cm³/mol. The second-order valence-electron chi connectivity index (χ2n) is 3.57. The van der Waals surface area contributed by atoms with Crippen molar-refractivity contribution in [3.63, 3.8) is 0 Å². The van der Waals surface area contributed by atoms with Gasteiger partial charge in [-0.1, -0.05) is 26.3 Å². The summed E-state index contributed by atoms with van der Waals surface area (Å²) in [5, 5.41) is 3.40. The molecular formula is C12H17BrFN. The fraction of sp³-hybridized carbons (Fsp3) is 0.500. The average molecular weight is 274 g/mol. The highest BCUT2D eigenvalue weighted by Gasteiger charge is 2.10. The smallest absolute Gasteiger partial charge is 0.137 e. The van der Waals surface area contributed by atoms with Crippen LogP contribution in [0.3, 0.4) is 0 Å². The van der Waals surface area contributed by atoms with Crippen LogP contribution >= 0.6 is 15.9 Å². The highest BCUT2D eigenvalue weighted by atomic mass is 79.9. The van der Waals surface area contributed by atoms with Gasteiger partial charge in [-0.25, -0.2) is 4.39 Å². The molecule has 0 radical (unpaired) electrons. The monoisotopic (exact) mass is 273 g/mol. The molecule has 1 aromatic carbocycles. The fourth-order valence-corrected chi connectivity index (χ4v) is 2.05. The third kappa shape index (κ3) is 3.58. The maximum absolute atomic E-state index is 13.1. The third-order valence-corrected chi connectivity index (χ3v) is 2.98. The largest absolute Gasteiger partial charge is 0.310 e. The van der Waals surface area contributed by atoms with Gasteiger partial charge in [-0.15, -0.1) is 0 Å². The van der Waals surface area contributed by atoms with Gasteiger partial charge in [-0.05, 0) is 46.6 Å². The summed E-state index contributed by atoms with van der Waals surface area (Å²) in [4.78, 5) is 0. The van der Waals surface area contributed by atoms with Gasteiger partial charge in [0.25, 0.3) is 0 Å². The Labute approximate surface area is 99.2 Å². The van der Waals surface area contributed by atoms with Gasteiger partial charge in [0.05, 0.1) is 4.47 Å². The molecule has 0 aliphatic carbocycles. The van der Waals surface area contributed by atoms with Crippen LogP contribution in [0.15, 0.2) is 22.7 Å². The van der Waals surface area contributed by atoms with Crippen molar-refractivity contribution in [2.24, 2.45) is 0 Å². The highest BCUT2D eigenvalue weighted by Crippen LogP contribution is 2.23. The topological polar surface area (TPSA) is 12.0 Å². The summed E-state index contributed by atoms with van der Waals surface area (Å²) < 4.78 is 13.6. The molecule has 3 heteroatoms. The van der Waals surface area contributed by atoms with E-state index in [4.69, 9.17) is 0 Å². The third-order valence-electron chi connectivity index (χ3n) is 2.37. The zero-order chi connectivity index (χ0) is 11.3. The molecule has 0 heterocycles. The molecule has 0 spiro atoms. The van der Waals surface area contributed by atoms with Gasteiger partial charge < -0.3 is 5.32 Å². The van der Waals surface area contributed by atoms with E-state index in [-0.39, 0.29) is 5.82 Å². The Hall–Kier alpha value is -0.410. The first-order valence-electron chi connectivity index (χ1n) is 5.37. The molecule has 1 atom stereocenters. The fourth-order valence-electron chi connectivity index (χ4n) is 1.65. The molecule has 1 aromatic rings. The van der Waals surface area contributed by atoms with E-state index < -0.39 is 0 Å². The van der Waals surface area contributed by atoms with Crippen LogP contribution in [0, 0.1) is 5.82 Å². The quantitative estimate of drug-likeness (QED) is 0.854. The van der Waals surface area contributed by atoms with E-state index in [1.54, 1.807) is 0 Å². The Bertz CT molecular complexity index is 308. The van der Waals surface area contributed by atoms with E-state index in [1.807, 2.05) is 12.1 Å². The minimum atomic E-state index is -0.203. The summed E-state index contributed by atoms with van der Waals surface area (Å²) in [6, 6.07) is 5.55. The average Bonchev–Trinajstić information content (AvgIpc) is 2.22. The molecule has 15 heavy (non-hydrogen) atoms. The van der Waals surface area contributed by atoms with Crippen LogP contribution < -0.4 is 5.32 Å². The molecule has 0 saturated carbocycles. The molecule has 0 aliphatic rings. The van der Waals surface area contributed by atoms with Crippen LogP contribution in [0.2, 0.25) is 0 Å². The van der Waals surface area contributed by atoms with Gasteiger partial charge in [0.2, 0.25) is 0 Å². The molecule has 84 valence electrons. The molecular weight excluding hydrogens is 257 g/mol. The zero-order valence-corrected chi connectivity index (χ0v) is 10.8. The molecule has 1 nitrogen and oxygen atoms in total. The first-order valence-corrected chi connectivity index (χ1v) is 6.16. The molecule has 1 rings (SSSR count). The molecule has 0 fully saturated rings. The van der Waals surface area contributed by atoms with Crippen molar-refractivity contribution in [2.75, 3.05) is 6.54 Å². The zero-order valence-electron chi connectivity index (χ0n) is 9.19. The number of halogens is 2. The van der Waals surface area contributed by atoms with Crippen molar-refractivity contribution in [2.45, 2.75) is 32.7 Å². The van der Waals surface area contributed by atoms with Crippen molar-refractivity contribution >= 4 is 15.9 Å². The second-order valence-corrected chi connectivity index (χ2v) is 4.43. The van der Waals surface area contributed by atoms with E-state index in [1.165, 1.54) is 6.07 Å². The molecule has 0 bridgehead atoms. The molecule has 0 saturated heterocycles. The van der Waals surface area contributed by atoms with Gasteiger partial charge in [-0.2, -0.15) is 0 Å². The minimum Gasteiger partial charge on any atom is -0.310 e. The Morgan fingerprint density at radius 3 is 2.67 bits per heavy atom. The van der Waals surface area contributed by atoms with Crippen LogP contribution in [0.25, 0.3) is 0 Å². The molecule has 1 unspecified atom stereocenters. The normalized spacial score (nSPS) is 12.8. The molecule has 0 aliphatic heterocycles. The molecule has 0 amide bonds. The Morgan fingerprint density at radius 2 is 2.13 bits per heavy atom. The van der Waals surface area contributed by atoms with Crippen LogP contribution in [-0.2, 0) is 0 Å². The van der Waals surface area contributed by atoms with Crippen LogP contribution in [0.5, 0.6) is 0 Å². The first kappa shape index (κ1) is 12.7. The maximum atomic E-state index is 13.1. The highest BCUT2D eigenvalue weighted by molar-refractivity contribution is 9.10. The number of hydrogen-bond acceptors (Lipinski definition) is 1. The molecule has 1 N–H and O–H groups in total. The van der Waals surface area contributed by atoms with Gasteiger partial charge in [0.1, 0.15) is 5.82 Å². The summed E-state index contributed by atoms with van der Waals surface area (Å²) in [5.74, 6) is -0.203. The lowest BCUT2D eigenvalue weighted by Gasteiger charge is -2.17. The van der Waals surface area contributed by atoms with Crippen molar-refractivity contribution in [3.05, 3.63) is 34.1 Å². The lowest BCUT2D eigenvalue weighted by Crippen LogP contribution is -2.20. The van der Waals surface area contributed by atoms with Crippen molar-refractivity contribution < 1.29 is 4.39 Å². The van der Waals surface area contributed by atoms with E-state index in [9.17, 15) is 4.39 Å². The van der Waals surface area contributed by atoms with E-state index in [0.717, 1.165) is 24.9 Å². The Morgan fingerprint density at radius 1 is 1.40 bits per heavy atom. The van der Waals surface area contributed by atoms with Gasteiger partial charge in [0, 0.05) is 6.04 Å². The summed E-state index contributed by atoms with van der Waals surface area (Å²) in [6.45, 7) is 5.17. The second kappa shape index (κ2) is 6.23. The minimum absolute atomic E-state index is 0.203. The summed E-state index contributed by atoms with van der Waals surface area (Å²) >= 11 is 3.21. The first-order chi connectivity index (χ1) is 7.19. The number of nitrogens with one attached hydrogen (secondary N) is 1. The standard InChI is InChI=1S/C12H17BrFN/c1-3-5-12(15-4-2)9-6-7-11(14)10(13)8-9/h6-8,12,15H,3-5H2,1-2H3. The number of benzene rings is 1. The Kier molecular flexibility index (Phi) is 5.26.